The van der Waals surface area contributed by atoms with Crippen LogP contribution in [0.2, 0.25) is 5.02 Å². The van der Waals surface area contributed by atoms with Gasteiger partial charge in [0.25, 0.3) is 0 Å². The zero-order valence-corrected chi connectivity index (χ0v) is 19.4. The van der Waals surface area contributed by atoms with Gasteiger partial charge in [0.1, 0.15) is 11.5 Å². The monoisotopic (exact) mass is 480 g/mol. The van der Waals surface area contributed by atoms with Crippen molar-refractivity contribution in [1.29, 1.82) is 0 Å². The predicted molar refractivity (Wildman–Crippen MR) is 130 cm³/mol. The molecule has 34 heavy (non-hydrogen) atoms. The maximum Gasteiger partial charge on any atom is 0.326 e. The molecule has 0 radical (unpaired) electrons. The molecule has 0 aliphatic carbocycles. The molecule has 1 aromatic carbocycles. The molecular weight excluding hydrogens is 456 g/mol. The van der Waals surface area contributed by atoms with Crippen LogP contribution in [-0.2, 0) is 0 Å². The molecule has 5 rings (SSSR count). The number of benzene rings is 1. The molecule has 1 aliphatic heterocycles. The standard InChI is InChI=1S/C23H25ClN8O2/c1-2-31-8-6-16(7-9-31)27-20-12-19(26-17-5-3-4-15(24)11-17)29-21-14(13-25-32(20)21)10-18-22(33)30-23(34)28-18/h3-5,10-13,16,26,33H,2,6-9H2,1H3,(H2,28,30,34)/b14-10+,27-20?. The Morgan fingerprint density at radius 1 is 1.29 bits per heavy atom. The Bertz CT molecular complexity index is 1500. The minimum Gasteiger partial charge on any atom is -0.493 e. The number of imidazole rings is 1. The third-order valence-electron chi connectivity index (χ3n) is 5.93. The van der Waals surface area contributed by atoms with Crippen molar-refractivity contribution < 1.29 is 5.11 Å². The first-order chi connectivity index (χ1) is 16.5. The van der Waals surface area contributed by atoms with E-state index < -0.39 is 5.69 Å². The highest BCUT2D eigenvalue weighted by atomic mass is 35.5. The molecule has 0 saturated carbocycles. The van der Waals surface area contributed by atoms with Gasteiger partial charge in [0.2, 0.25) is 5.88 Å². The lowest BCUT2D eigenvalue weighted by Crippen LogP contribution is -2.36. The fourth-order valence-corrected chi connectivity index (χ4v) is 4.33. The third kappa shape index (κ3) is 4.68. The van der Waals surface area contributed by atoms with Crippen molar-refractivity contribution in [3.63, 3.8) is 0 Å². The third-order valence-corrected chi connectivity index (χ3v) is 6.17. The SMILES string of the molecule is CCN1CCC(N=c2cc(Nc3cccc(Cl)c3)nc3/c(=C/c4[nH]c(=O)[nH]c4O)cnn23)CC1. The molecule has 10 nitrogen and oxygen atoms in total. The zero-order chi connectivity index (χ0) is 23.7. The highest BCUT2D eigenvalue weighted by molar-refractivity contribution is 6.30. The maximum absolute atomic E-state index is 11.5. The molecule has 0 unspecified atom stereocenters. The minimum atomic E-state index is -0.495. The normalized spacial score (nSPS) is 16.5. The van der Waals surface area contributed by atoms with Crippen LogP contribution in [0.15, 0.2) is 46.3 Å². The number of H-pyrrole nitrogens is 2. The largest absolute Gasteiger partial charge is 0.493 e. The summed E-state index contributed by atoms with van der Waals surface area (Å²) < 4.78 is 1.68. The first-order valence-electron chi connectivity index (χ1n) is 11.2. The predicted octanol–water partition coefficient (Wildman–Crippen LogP) is 1.78. The number of hydrogen-bond donors (Lipinski definition) is 4. The Kier molecular flexibility index (Phi) is 6.08. The second-order valence-electron chi connectivity index (χ2n) is 8.25. The molecule has 176 valence electrons. The summed E-state index contributed by atoms with van der Waals surface area (Å²) in [6.45, 7) is 5.26. The van der Waals surface area contributed by atoms with Crippen molar-refractivity contribution >= 4 is 34.8 Å². The lowest BCUT2D eigenvalue weighted by Gasteiger charge is -2.28. The van der Waals surface area contributed by atoms with E-state index in [-0.39, 0.29) is 17.6 Å². The van der Waals surface area contributed by atoms with Crippen molar-refractivity contribution in [2.24, 2.45) is 4.99 Å². The summed E-state index contributed by atoms with van der Waals surface area (Å²) in [5.74, 6) is 0.339. The number of hydrogen-bond acceptors (Lipinski definition) is 7. The van der Waals surface area contributed by atoms with Gasteiger partial charge in [-0.3, -0.25) is 9.98 Å². The number of rotatable bonds is 5. The summed E-state index contributed by atoms with van der Waals surface area (Å²) in [5, 5.41) is 19.0. The van der Waals surface area contributed by atoms with Gasteiger partial charge in [0.15, 0.2) is 11.1 Å². The molecule has 11 heteroatoms. The first kappa shape index (κ1) is 22.2. The van der Waals surface area contributed by atoms with Crippen LogP contribution in [0.5, 0.6) is 5.88 Å². The Balaban J connectivity index is 1.62. The second kappa shape index (κ2) is 9.32. The average molecular weight is 481 g/mol. The summed E-state index contributed by atoms with van der Waals surface area (Å²) in [6.07, 6.45) is 5.21. The molecule has 0 bridgehead atoms. The number of likely N-dealkylation sites (tertiary alicyclic amines) is 1. The van der Waals surface area contributed by atoms with E-state index in [1.54, 1.807) is 22.9 Å². The summed E-state index contributed by atoms with van der Waals surface area (Å²) in [5.41, 5.74) is 1.77. The summed E-state index contributed by atoms with van der Waals surface area (Å²) in [4.78, 5) is 28.6. The molecular formula is C23H25ClN8O2. The van der Waals surface area contributed by atoms with Crippen molar-refractivity contribution in [2.45, 2.75) is 25.8 Å². The van der Waals surface area contributed by atoms with Gasteiger partial charge in [0.05, 0.1) is 12.2 Å². The van der Waals surface area contributed by atoms with Gasteiger partial charge in [-0.1, -0.05) is 24.6 Å². The summed E-state index contributed by atoms with van der Waals surface area (Å²) in [7, 11) is 0. The van der Waals surface area contributed by atoms with E-state index in [9.17, 15) is 9.90 Å². The van der Waals surface area contributed by atoms with E-state index in [2.05, 4.69) is 32.2 Å². The lowest BCUT2D eigenvalue weighted by molar-refractivity contribution is 0.222. The van der Waals surface area contributed by atoms with Crippen LogP contribution in [-0.4, -0.2) is 60.2 Å². The van der Waals surface area contributed by atoms with Gasteiger partial charge in [-0.05, 0) is 43.7 Å². The number of nitrogens with zero attached hydrogens (tertiary/aromatic N) is 5. The molecule has 1 aliphatic rings. The van der Waals surface area contributed by atoms with E-state index in [0.717, 1.165) is 38.2 Å². The van der Waals surface area contributed by atoms with Gasteiger partial charge >= 0.3 is 5.69 Å². The van der Waals surface area contributed by atoms with Crippen LogP contribution >= 0.6 is 11.6 Å². The number of fused-ring (bicyclic) bond motifs is 1. The second-order valence-corrected chi connectivity index (χ2v) is 8.69. The summed E-state index contributed by atoms with van der Waals surface area (Å²) >= 11 is 6.15. The quantitative estimate of drug-likeness (QED) is 0.345. The van der Waals surface area contributed by atoms with Crippen LogP contribution in [0.1, 0.15) is 25.5 Å². The number of nitrogens with one attached hydrogen (secondary N) is 3. The highest BCUT2D eigenvalue weighted by Gasteiger charge is 2.17. The topological polar surface area (TPSA) is 127 Å². The smallest absolute Gasteiger partial charge is 0.326 e. The van der Waals surface area contributed by atoms with E-state index in [4.69, 9.17) is 21.6 Å². The van der Waals surface area contributed by atoms with Gasteiger partial charge in [-0.2, -0.15) is 9.61 Å². The van der Waals surface area contributed by atoms with E-state index >= 15 is 0 Å². The summed E-state index contributed by atoms with van der Waals surface area (Å²) in [6, 6.07) is 9.44. The fraction of sp³-hybridized carbons (Fsp3) is 0.304. The number of aromatic nitrogens is 5. The van der Waals surface area contributed by atoms with Gasteiger partial charge in [-0.15, -0.1) is 0 Å². The fourth-order valence-electron chi connectivity index (χ4n) is 4.14. The maximum atomic E-state index is 11.5. The average Bonchev–Trinajstić information content (AvgIpc) is 3.36. The van der Waals surface area contributed by atoms with Crippen molar-refractivity contribution in [3.8, 4) is 5.88 Å². The minimum absolute atomic E-state index is 0.189. The van der Waals surface area contributed by atoms with Gasteiger partial charge in [0, 0.05) is 35.1 Å². The molecule has 1 saturated heterocycles. The molecule has 4 N–H and O–H groups in total. The molecule has 1 fully saturated rings. The van der Waals surface area contributed by atoms with Crippen LogP contribution in [0.4, 0.5) is 11.5 Å². The Hall–Kier alpha value is -3.63. The van der Waals surface area contributed by atoms with E-state index in [0.29, 0.717) is 27.2 Å². The number of aromatic amines is 2. The van der Waals surface area contributed by atoms with Gasteiger partial charge in [-0.25, -0.2) is 9.78 Å². The number of aromatic hydroxyl groups is 1. The Morgan fingerprint density at radius 3 is 2.82 bits per heavy atom. The van der Waals surface area contributed by atoms with Crippen LogP contribution < -0.4 is 21.7 Å². The molecule has 0 amide bonds. The first-order valence-corrected chi connectivity index (χ1v) is 11.6. The molecule has 3 aromatic heterocycles. The van der Waals surface area contributed by atoms with Crippen LogP contribution in [0.3, 0.4) is 0 Å². The number of anilines is 2. The van der Waals surface area contributed by atoms with Crippen molar-refractivity contribution in [1.82, 2.24) is 29.5 Å². The Labute approximate surface area is 199 Å². The molecule has 0 atom stereocenters. The van der Waals surface area contributed by atoms with E-state index in [1.807, 2.05) is 24.3 Å². The number of halogens is 1. The molecule has 4 aromatic rings. The molecule has 0 spiro atoms. The highest BCUT2D eigenvalue weighted by Crippen LogP contribution is 2.19. The Morgan fingerprint density at radius 2 is 2.12 bits per heavy atom. The number of piperidine rings is 1. The van der Waals surface area contributed by atoms with Crippen molar-refractivity contribution in [3.05, 3.63) is 68.4 Å². The van der Waals surface area contributed by atoms with Gasteiger partial charge < -0.3 is 20.3 Å². The molecule has 4 heterocycles. The van der Waals surface area contributed by atoms with E-state index in [1.165, 1.54) is 0 Å². The lowest BCUT2D eigenvalue weighted by atomic mass is 10.1. The van der Waals surface area contributed by atoms with Crippen LogP contribution in [0, 0.1) is 0 Å². The zero-order valence-electron chi connectivity index (χ0n) is 18.6. The van der Waals surface area contributed by atoms with Crippen molar-refractivity contribution in [2.75, 3.05) is 25.0 Å². The van der Waals surface area contributed by atoms with Crippen LogP contribution in [0.25, 0.3) is 11.7 Å².